The molecule has 12 heavy (non-hydrogen) atoms. The number of nitrogens with zero attached hydrogens (tertiary/aromatic N) is 1. The van der Waals surface area contributed by atoms with Crippen LogP contribution in [0.5, 0.6) is 0 Å². The molecule has 0 atom stereocenters. The van der Waals surface area contributed by atoms with E-state index >= 15 is 0 Å². The fourth-order valence-corrected chi connectivity index (χ4v) is 1.63. The summed E-state index contributed by atoms with van der Waals surface area (Å²) < 4.78 is 0. The molecule has 0 bridgehead atoms. The van der Waals surface area contributed by atoms with Crippen molar-refractivity contribution < 1.29 is 0 Å². The Balaban J connectivity index is 2.71. The number of thioether (sulfide) groups is 1. The van der Waals surface area contributed by atoms with Gasteiger partial charge in [-0.15, -0.1) is 11.8 Å². The highest BCUT2D eigenvalue weighted by atomic mass is 32.2. The molecule has 2 heteroatoms. The van der Waals surface area contributed by atoms with Gasteiger partial charge in [-0.2, -0.15) is 0 Å². The van der Waals surface area contributed by atoms with E-state index in [9.17, 15) is 0 Å². The molecule has 0 aliphatic rings. The summed E-state index contributed by atoms with van der Waals surface area (Å²) in [4.78, 5) is 5.27. The van der Waals surface area contributed by atoms with Gasteiger partial charge >= 0.3 is 0 Å². The minimum Gasteiger partial charge on any atom is -0.296 e. The highest BCUT2D eigenvalue weighted by Gasteiger charge is 1.90. The highest BCUT2D eigenvalue weighted by molar-refractivity contribution is 7.99. The third-order valence-electron chi connectivity index (χ3n) is 1.47. The van der Waals surface area contributed by atoms with Gasteiger partial charge in [0.2, 0.25) is 0 Å². The molecule has 0 aliphatic heterocycles. The normalized spacial score (nSPS) is 10.8. The molecular formula is C10H13NS. The predicted molar refractivity (Wildman–Crippen MR) is 56.4 cm³/mol. The summed E-state index contributed by atoms with van der Waals surface area (Å²) in [7, 11) is 1.79. The van der Waals surface area contributed by atoms with Crippen molar-refractivity contribution in [3.05, 3.63) is 29.8 Å². The molecule has 0 amide bonds. The van der Waals surface area contributed by atoms with Gasteiger partial charge in [-0.1, -0.05) is 19.1 Å². The van der Waals surface area contributed by atoms with Gasteiger partial charge in [0.15, 0.2) is 0 Å². The second-order valence-electron chi connectivity index (χ2n) is 2.39. The molecule has 0 heterocycles. The topological polar surface area (TPSA) is 12.4 Å². The molecule has 0 aromatic heterocycles. The van der Waals surface area contributed by atoms with Crippen molar-refractivity contribution in [2.24, 2.45) is 4.99 Å². The molecule has 1 aromatic rings. The van der Waals surface area contributed by atoms with Crippen molar-refractivity contribution in [2.45, 2.75) is 11.8 Å². The van der Waals surface area contributed by atoms with Crippen molar-refractivity contribution in [2.75, 3.05) is 12.8 Å². The van der Waals surface area contributed by atoms with E-state index in [4.69, 9.17) is 0 Å². The number of hydrogen-bond donors (Lipinski definition) is 0. The van der Waals surface area contributed by atoms with Crippen LogP contribution in [0.3, 0.4) is 0 Å². The van der Waals surface area contributed by atoms with E-state index in [-0.39, 0.29) is 0 Å². The Kier molecular flexibility index (Phi) is 3.88. The highest BCUT2D eigenvalue weighted by Crippen LogP contribution is 2.16. The minimum absolute atomic E-state index is 1.13. The van der Waals surface area contributed by atoms with Crippen LogP contribution in [0, 0.1) is 0 Å². The summed E-state index contributed by atoms with van der Waals surface area (Å²) in [6.07, 6.45) is 1.86. The lowest BCUT2D eigenvalue weighted by Gasteiger charge is -1.97. The lowest BCUT2D eigenvalue weighted by atomic mass is 10.2. The number of hydrogen-bond acceptors (Lipinski definition) is 2. The first-order chi connectivity index (χ1) is 5.86. The fraction of sp³-hybridized carbons (Fsp3) is 0.300. The molecule has 0 radical (unpaired) electrons. The van der Waals surface area contributed by atoms with Crippen molar-refractivity contribution >= 4 is 18.0 Å². The van der Waals surface area contributed by atoms with E-state index in [2.05, 4.69) is 36.2 Å². The molecule has 0 unspecified atom stereocenters. The van der Waals surface area contributed by atoms with Crippen molar-refractivity contribution in [1.82, 2.24) is 0 Å². The molecule has 0 spiro atoms. The third kappa shape index (κ3) is 2.70. The Labute approximate surface area is 77.9 Å². The first kappa shape index (κ1) is 9.33. The maximum absolute atomic E-state index is 3.95. The zero-order chi connectivity index (χ0) is 8.81. The molecule has 1 rings (SSSR count). The summed E-state index contributed by atoms with van der Waals surface area (Å²) in [6.45, 7) is 2.16. The first-order valence-electron chi connectivity index (χ1n) is 4.02. The van der Waals surface area contributed by atoms with Crippen LogP contribution in [-0.2, 0) is 0 Å². The van der Waals surface area contributed by atoms with Gasteiger partial charge in [0.1, 0.15) is 0 Å². The van der Waals surface area contributed by atoms with Gasteiger partial charge in [-0.05, 0) is 23.4 Å². The van der Waals surface area contributed by atoms with Crippen LogP contribution in [0.25, 0.3) is 0 Å². The zero-order valence-electron chi connectivity index (χ0n) is 7.45. The monoisotopic (exact) mass is 179 g/mol. The Morgan fingerprint density at radius 1 is 1.33 bits per heavy atom. The molecule has 64 valence electrons. The van der Waals surface area contributed by atoms with Crippen LogP contribution < -0.4 is 0 Å². The largest absolute Gasteiger partial charge is 0.296 e. The van der Waals surface area contributed by atoms with E-state index in [1.165, 1.54) is 4.90 Å². The lowest BCUT2D eigenvalue weighted by molar-refractivity contribution is 1.41. The van der Waals surface area contributed by atoms with Crippen LogP contribution in [0.4, 0.5) is 0 Å². The second kappa shape index (κ2) is 4.99. The van der Waals surface area contributed by atoms with Crippen LogP contribution in [-0.4, -0.2) is 19.0 Å². The maximum Gasteiger partial charge on any atom is 0.0281 e. The molecule has 0 saturated heterocycles. The predicted octanol–water partition coefficient (Wildman–Crippen LogP) is 2.85. The Bertz CT molecular complexity index is 251. The van der Waals surface area contributed by atoms with E-state index < -0.39 is 0 Å². The quantitative estimate of drug-likeness (QED) is 0.513. The summed E-state index contributed by atoms with van der Waals surface area (Å²) in [6, 6.07) is 8.44. The molecule has 0 aliphatic carbocycles. The third-order valence-corrected chi connectivity index (χ3v) is 2.36. The van der Waals surface area contributed by atoms with Crippen LogP contribution in [0.15, 0.2) is 34.2 Å². The van der Waals surface area contributed by atoms with Gasteiger partial charge in [-0.25, -0.2) is 0 Å². The molecule has 1 nitrogen and oxygen atoms in total. The Morgan fingerprint density at radius 3 is 2.50 bits per heavy atom. The Hall–Kier alpha value is -0.760. The molecular weight excluding hydrogens is 166 g/mol. The molecule has 0 fully saturated rings. The lowest BCUT2D eigenvalue weighted by Crippen LogP contribution is -1.80. The second-order valence-corrected chi connectivity index (χ2v) is 3.73. The van der Waals surface area contributed by atoms with Crippen LogP contribution >= 0.6 is 11.8 Å². The van der Waals surface area contributed by atoms with Gasteiger partial charge in [0.25, 0.3) is 0 Å². The minimum atomic E-state index is 1.13. The van der Waals surface area contributed by atoms with Crippen molar-refractivity contribution in [3.63, 3.8) is 0 Å². The van der Waals surface area contributed by atoms with Crippen LogP contribution in [0.1, 0.15) is 12.5 Å². The summed E-state index contributed by atoms with van der Waals surface area (Å²) >= 11 is 1.86. The van der Waals surface area contributed by atoms with Gasteiger partial charge in [0, 0.05) is 18.2 Å². The number of aliphatic imine (C=N–C) groups is 1. The summed E-state index contributed by atoms with van der Waals surface area (Å²) in [5.41, 5.74) is 1.16. The first-order valence-corrected chi connectivity index (χ1v) is 5.00. The van der Waals surface area contributed by atoms with Gasteiger partial charge in [0.05, 0.1) is 0 Å². The van der Waals surface area contributed by atoms with Crippen molar-refractivity contribution in [3.8, 4) is 0 Å². The van der Waals surface area contributed by atoms with Crippen molar-refractivity contribution in [1.29, 1.82) is 0 Å². The van der Waals surface area contributed by atoms with Crippen LogP contribution in [0.2, 0.25) is 0 Å². The standard InChI is InChI=1S/C10H13NS/c1-3-12-10-6-4-9(5-7-10)8-11-2/h4-8H,3H2,1-2H3/b11-8+. The van der Waals surface area contributed by atoms with E-state index in [0.29, 0.717) is 0 Å². The number of rotatable bonds is 3. The smallest absolute Gasteiger partial charge is 0.0281 e. The molecule has 1 aromatic carbocycles. The maximum atomic E-state index is 3.95. The molecule has 0 N–H and O–H groups in total. The fourth-order valence-electron chi connectivity index (χ4n) is 0.966. The van der Waals surface area contributed by atoms with Gasteiger partial charge < -0.3 is 0 Å². The average molecular weight is 179 g/mol. The Morgan fingerprint density at radius 2 is 2.00 bits per heavy atom. The summed E-state index contributed by atoms with van der Waals surface area (Å²) in [5, 5.41) is 0. The van der Waals surface area contributed by atoms with Gasteiger partial charge in [-0.3, -0.25) is 4.99 Å². The van der Waals surface area contributed by atoms with E-state index in [1.807, 2.05) is 18.0 Å². The number of benzene rings is 1. The average Bonchev–Trinajstić information content (AvgIpc) is 2.09. The zero-order valence-corrected chi connectivity index (χ0v) is 8.27. The SMILES string of the molecule is CCSc1ccc(/C=N/C)cc1. The van der Waals surface area contributed by atoms with E-state index in [0.717, 1.165) is 11.3 Å². The summed E-state index contributed by atoms with van der Waals surface area (Å²) in [5.74, 6) is 1.13. The van der Waals surface area contributed by atoms with E-state index in [1.54, 1.807) is 7.05 Å². The molecule has 0 saturated carbocycles.